The van der Waals surface area contributed by atoms with Gasteiger partial charge in [-0.05, 0) is 56.8 Å². The minimum Gasteiger partial charge on any atom is -0.371 e. The van der Waals surface area contributed by atoms with Crippen molar-refractivity contribution in [2.24, 2.45) is 11.8 Å². The Balaban J connectivity index is 1.30. The van der Waals surface area contributed by atoms with E-state index in [-0.39, 0.29) is 23.8 Å². The van der Waals surface area contributed by atoms with E-state index in [1.165, 1.54) is 6.33 Å². The minimum absolute atomic E-state index is 0.0299. The molecule has 1 aromatic heterocycles. The predicted octanol–water partition coefficient (Wildman–Crippen LogP) is 3.02. The number of nitrogens with zero attached hydrogens (tertiary/aromatic N) is 4. The molecule has 2 fully saturated rings. The summed E-state index contributed by atoms with van der Waals surface area (Å²) in [5.74, 6) is 0.711. The van der Waals surface area contributed by atoms with Crippen LogP contribution in [0, 0.1) is 11.8 Å². The van der Waals surface area contributed by atoms with Gasteiger partial charge in [-0.2, -0.15) is 0 Å². The van der Waals surface area contributed by atoms with Crippen LogP contribution in [0.25, 0.3) is 3.58 Å². The van der Waals surface area contributed by atoms with E-state index in [1.54, 1.807) is 17.2 Å². The lowest BCUT2D eigenvalue weighted by atomic mass is 10.1. The number of carbonyl (C=O) groups is 2. The number of halogens is 1. The lowest BCUT2D eigenvalue weighted by Crippen LogP contribution is -2.49. The second-order valence-electron chi connectivity index (χ2n) is 8.58. The number of benzene rings is 1. The number of anilines is 1. The van der Waals surface area contributed by atoms with Crippen LogP contribution in [0.4, 0.5) is 5.69 Å². The molecule has 3 heterocycles. The average molecular weight is 559 g/mol. The van der Waals surface area contributed by atoms with Crippen LogP contribution in [0.1, 0.15) is 30.7 Å². The minimum atomic E-state index is -0.582. The number of amides is 2. The maximum Gasteiger partial charge on any atom is 0.252 e. The standard InChI is InChI=1S/C24H26IN5O3/c1-15-11-18(15)23(32)28-17-5-3-16(4-6-17)21-13-30(9-10-33-21)24-25-19(12-22(31)29(24)2)20-7-8-26-14-27-20/h3-8,12,14-15,18,21H,9-11,13H2,1-2H3,(H,28,32)/t15?,18?,21-/m1/s1. The van der Waals surface area contributed by atoms with Gasteiger partial charge in [0.15, 0.2) is 0 Å². The molecule has 2 amide bonds. The molecule has 1 aromatic carbocycles. The fourth-order valence-electron chi connectivity index (χ4n) is 4.03. The predicted molar refractivity (Wildman–Crippen MR) is 134 cm³/mol. The highest BCUT2D eigenvalue weighted by Gasteiger charge is 2.39. The monoisotopic (exact) mass is 559 g/mol. The highest BCUT2D eigenvalue weighted by molar-refractivity contribution is 14.2. The highest BCUT2D eigenvalue weighted by atomic mass is 127. The maximum absolute atomic E-state index is 12.7. The van der Waals surface area contributed by atoms with E-state index in [9.17, 15) is 9.59 Å². The lowest BCUT2D eigenvalue weighted by Gasteiger charge is -2.37. The van der Waals surface area contributed by atoms with E-state index in [4.69, 9.17) is 4.74 Å². The van der Waals surface area contributed by atoms with Crippen LogP contribution in [0.3, 0.4) is 0 Å². The number of nitrogens with one attached hydrogen (secondary N) is 1. The molecule has 2 unspecified atom stereocenters. The lowest BCUT2D eigenvalue weighted by molar-refractivity contribution is -0.122. The van der Waals surface area contributed by atoms with Gasteiger partial charge in [-0.3, -0.25) is 19.4 Å². The molecule has 9 heteroatoms. The number of ether oxygens (including phenoxy) is 1. The van der Waals surface area contributed by atoms with Crippen LogP contribution in [0.5, 0.6) is 0 Å². The van der Waals surface area contributed by atoms with Gasteiger partial charge in [0.25, 0.3) is 5.91 Å². The third-order valence-corrected chi connectivity index (χ3v) is 9.53. The van der Waals surface area contributed by atoms with Crippen molar-refractivity contribution in [3.63, 3.8) is 0 Å². The summed E-state index contributed by atoms with van der Waals surface area (Å²) in [6.45, 7) is 4.11. The van der Waals surface area contributed by atoms with Crippen molar-refractivity contribution in [2.45, 2.75) is 19.4 Å². The molecule has 3 atom stereocenters. The Morgan fingerprint density at radius 3 is 2.73 bits per heavy atom. The fourth-order valence-corrected chi connectivity index (χ4v) is 6.94. The Hall–Kier alpha value is -2.50. The average Bonchev–Trinajstić information content (AvgIpc) is 3.58. The maximum atomic E-state index is 12.7. The highest BCUT2D eigenvalue weighted by Crippen LogP contribution is 2.38. The van der Waals surface area contributed by atoms with Crippen molar-refractivity contribution >= 4 is 45.6 Å². The molecule has 33 heavy (non-hydrogen) atoms. The van der Waals surface area contributed by atoms with E-state index in [0.717, 1.165) is 37.2 Å². The molecule has 3 aliphatic rings. The van der Waals surface area contributed by atoms with Crippen LogP contribution in [0.15, 0.2) is 48.9 Å². The van der Waals surface area contributed by atoms with E-state index < -0.39 is 20.7 Å². The molecular formula is C24H26IN5O3. The largest absolute Gasteiger partial charge is 0.371 e. The zero-order valence-corrected chi connectivity index (χ0v) is 20.7. The zero-order valence-electron chi connectivity index (χ0n) is 18.6. The molecular weight excluding hydrogens is 533 g/mol. The van der Waals surface area contributed by atoms with Crippen molar-refractivity contribution < 1.29 is 14.3 Å². The summed E-state index contributed by atoms with van der Waals surface area (Å²) in [6.07, 6.45) is 5.80. The molecule has 2 aliphatic heterocycles. The summed E-state index contributed by atoms with van der Waals surface area (Å²) < 4.78 is 8.14. The molecule has 0 radical (unpaired) electrons. The van der Waals surface area contributed by atoms with Gasteiger partial charge < -0.3 is 10.1 Å². The van der Waals surface area contributed by atoms with E-state index in [1.807, 2.05) is 37.4 Å². The summed E-state index contributed by atoms with van der Waals surface area (Å²) in [6, 6.07) is 9.77. The summed E-state index contributed by atoms with van der Waals surface area (Å²) in [5, 5.41) is 3.01. The summed E-state index contributed by atoms with van der Waals surface area (Å²) in [5.41, 5.74) is 2.69. The van der Waals surface area contributed by atoms with Gasteiger partial charge in [-0.15, -0.1) is 0 Å². The number of likely N-dealkylation sites (N-methyl/N-ethyl adjacent to an activating group) is 1. The van der Waals surface area contributed by atoms with Gasteiger partial charge in [0, 0.05) is 47.6 Å². The van der Waals surface area contributed by atoms with E-state index >= 15 is 0 Å². The van der Waals surface area contributed by atoms with E-state index in [0.29, 0.717) is 19.1 Å². The van der Waals surface area contributed by atoms with Gasteiger partial charge in [0.2, 0.25) is 5.91 Å². The van der Waals surface area contributed by atoms with Gasteiger partial charge in [0.05, 0.1) is 18.4 Å². The smallest absolute Gasteiger partial charge is 0.252 e. The van der Waals surface area contributed by atoms with Gasteiger partial charge >= 0.3 is 0 Å². The van der Waals surface area contributed by atoms with Gasteiger partial charge in [-0.25, -0.2) is 9.97 Å². The Labute approximate surface area is 202 Å². The number of hydrogen-bond acceptors (Lipinski definition) is 6. The fraction of sp³-hybridized carbons (Fsp3) is 0.375. The Morgan fingerprint density at radius 2 is 2.03 bits per heavy atom. The molecule has 2 aromatic rings. The van der Waals surface area contributed by atoms with Gasteiger partial charge in [-0.1, -0.05) is 19.1 Å². The summed E-state index contributed by atoms with van der Waals surface area (Å²) >= 11 is -0.582. The van der Waals surface area contributed by atoms with Crippen molar-refractivity contribution in [1.82, 2.24) is 19.8 Å². The summed E-state index contributed by atoms with van der Waals surface area (Å²) in [4.78, 5) is 37.2. The Bertz CT molecular complexity index is 1120. The number of carbonyl (C=O) groups excluding carboxylic acids is 2. The van der Waals surface area contributed by atoms with Crippen molar-refractivity contribution in [1.29, 1.82) is 0 Å². The van der Waals surface area contributed by atoms with Crippen LogP contribution < -0.4 is 5.32 Å². The number of hydrogen-bond donors (Lipinski definition) is 1. The summed E-state index contributed by atoms with van der Waals surface area (Å²) in [7, 11) is 1.84. The van der Waals surface area contributed by atoms with Crippen LogP contribution in [0.2, 0.25) is 0 Å². The first kappa shape index (κ1) is 22.3. The third kappa shape index (κ3) is 4.90. The van der Waals surface area contributed by atoms with E-state index in [2.05, 4.69) is 27.1 Å². The molecule has 172 valence electrons. The Kier molecular flexibility index (Phi) is 6.35. The first-order valence-corrected chi connectivity index (χ1v) is 13.2. The number of rotatable bonds is 5. The molecule has 1 saturated heterocycles. The second kappa shape index (κ2) is 9.40. The first-order valence-electron chi connectivity index (χ1n) is 11.0. The SMILES string of the molecule is CC1CC1C(=O)Nc1ccc([C@H]2CN(C3=IC(c4ccncn4)=CC(=O)N3C)CCO2)cc1. The van der Waals surface area contributed by atoms with Gasteiger partial charge in [0.1, 0.15) is 10.1 Å². The number of morpholine rings is 1. The van der Waals surface area contributed by atoms with Crippen molar-refractivity contribution in [3.8, 4) is 0 Å². The second-order valence-corrected chi connectivity index (χ2v) is 11.3. The molecule has 1 saturated carbocycles. The normalized spacial score (nSPS) is 25.6. The van der Waals surface area contributed by atoms with Crippen LogP contribution in [-0.2, 0) is 14.3 Å². The first-order chi connectivity index (χ1) is 16.0. The van der Waals surface area contributed by atoms with Crippen molar-refractivity contribution in [3.05, 3.63) is 60.2 Å². The van der Waals surface area contributed by atoms with Crippen LogP contribution in [-0.4, -0.2) is 62.1 Å². The molecule has 0 bridgehead atoms. The topological polar surface area (TPSA) is 87.7 Å². The molecule has 1 aliphatic carbocycles. The third-order valence-electron chi connectivity index (χ3n) is 6.19. The molecule has 0 spiro atoms. The van der Waals surface area contributed by atoms with Crippen LogP contribution >= 0.6 is 20.7 Å². The number of aromatic nitrogens is 2. The molecule has 8 nitrogen and oxygen atoms in total. The quantitative estimate of drug-likeness (QED) is 0.567. The molecule has 5 rings (SSSR count). The molecule has 1 N–H and O–H groups in total. The van der Waals surface area contributed by atoms with Crippen molar-refractivity contribution in [2.75, 3.05) is 32.1 Å². The Morgan fingerprint density at radius 1 is 1.24 bits per heavy atom. The zero-order chi connectivity index (χ0) is 22.9.